The Balaban J connectivity index is 1.81. The molecule has 2 rings (SSSR count). The highest BCUT2D eigenvalue weighted by atomic mass is 16.5. The van der Waals surface area contributed by atoms with Crippen molar-refractivity contribution in [1.29, 1.82) is 0 Å². The van der Waals surface area contributed by atoms with Gasteiger partial charge in [-0.1, -0.05) is 38.3 Å². The molecule has 5 nitrogen and oxygen atoms in total. The maximum absolute atomic E-state index is 11.1. The van der Waals surface area contributed by atoms with Gasteiger partial charge in [-0.2, -0.15) is 0 Å². The van der Waals surface area contributed by atoms with Gasteiger partial charge in [0.05, 0.1) is 25.1 Å². The number of allylic oxidation sites excluding steroid dienone is 2. The summed E-state index contributed by atoms with van der Waals surface area (Å²) in [6, 6.07) is 0. The monoisotopic (exact) mass is 366 g/mol. The number of hydrogen-bond donors (Lipinski definition) is 2. The van der Waals surface area contributed by atoms with Gasteiger partial charge in [0.2, 0.25) is 0 Å². The Morgan fingerprint density at radius 2 is 2.19 bits per heavy atom. The second-order valence-electron chi connectivity index (χ2n) is 7.49. The lowest BCUT2D eigenvalue weighted by atomic mass is 9.90. The number of ether oxygens (including phenoxy) is 2. The van der Waals surface area contributed by atoms with E-state index >= 15 is 0 Å². The highest BCUT2D eigenvalue weighted by Crippen LogP contribution is 2.45. The molecule has 1 saturated heterocycles. The smallest absolute Gasteiger partial charge is 0.305 e. The van der Waals surface area contributed by atoms with Crippen LogP contribution in [0.25, 0.3) is 0 Å². The normalized spacial score (nSPS) is 30.5. The lowest BCUT2D eigenvalue weighted by Crippen LogP contribution is -2.18. The van der Waals surface area contributed by atoms with E-state index in [1.165, 1.54) is 7.11 Å². The molecular weight excluding hydrogens is 332 g/mol. The average Bonchev–Trinajstić information content (AvgIpc) is 3.13. The number of aliphatic hydroxyl groups is 2. The van der Waals surface area contributed by atoms with Gasteiger partial charge >= 0.3 is 5.97 Å². The van der Waals surface area contributed by atoms with Crippen LogP contribution >= 0.6 is 0 Å². The Morgan fingerprint density at radius 1 is 1.38 bits per heavy atom. The van der Waals surface area contributed by atoms with E-state index in [0.29, 0.717) is 12.8 Å². The molecule has 1 heterocycles. The molecule has 5 heteroatoms. The van der Waals surface area contributed by atoms with E-state index in [1.807, 2.05) is 12.2 Å². The predicted molar refractivity (Wildman–Crippen MR) is 100 cm³/mol. The molecule has 148 valence electrons. The molecule has 26 heavy (non-hydrogen) atoms. The van der Waals surface area contributed by atoms with Crippen molar-refractivity contribution in [2.45, 2.75) is 83.0 Å². The van der Waals surface area contributed by atoms with Crippen LogP contribution in [0.15, 0.2) is 24.0 Å². The van der Waals surface area contributed by atoms with E-state index in [4.69, 9.17) is 4.74 Å². The molecule has 0 bridgehead atoms. The van der Waals surface area contributed by atoms with Gasteiger partial charge in [0, 0.05) is 31.1 Å². The number of methoxy groups -OCH3 is 1. The number of hydrogen-bond acceptors (Lipinski definition) is 5. The van der Waals surface area contributed by atoms with Gasteiger partial charge in [0.1, 0.15) is 6.10 Å². The lowest BCUT2D eigenvalue weighted by Gasteiger charge is -2.16. The zero-order valence-corrected chi connectivity index (χ0v) is 16.1. The molecule has 2 fully saturated rings. The Morgan fingerprint density at radius 3 is 2.92 bits per heavy atom. The number of esters is 1. The number of rotatable bonds is 10. The molecule has 0 spiro atoms. The van der Waals surface area contributed by atoms with E-state index in [1.54, 1.807) is 0 Å². The van der Waals surface area contributed by atoms with Crippen LogP contribution in [0.2, 0.25) is 0 Å². The first-order valence-electron chi connectivity index (χ1n) is 10.0. The Bertz CT molecular complexity index is 499. The van der Waals surface area contributed by atoms with Crippen molar-refractivity contribution in [2.24, 2.45) is 11.8 Å². The second kappa shape index (κ2) is 10.7. The fourth-order valence-electron chi connectivity index (χ4n) is 3.95. The molecule has 0 amide bonds. The summed E-state index contributed by atoms with van der Waals surface area (Å²) in [5, 5.41) is 20.4. The minimum atomic E-state index is -0.427. The number of unbranched alkanes of at least 4 members (excludes halogenated alkanes) is 3. The van der Waals surface area contributed by atoms with Gasteiger partial charge in [-0.25, -0.2) is 0 Å². The summed E-state index contributed by atoms with van der Waals surface area (Å²) in [5.74, 6) is 1.11. The van der Waals surface area contributed by atoms with E-state index < -0.39 is 12.2 Å². The molecule has 1 saturated carbocycles. The largest absolute Gasteiger partial charge is 0.495 e. The number of carbonyl (C=O) groups excluding carboxylic acids is 1. The van der Waals surface area contributed by atoms with Crippen LogP contribution < -0.4 is 0 Å². The zero-order chi connectivity index (χ0) is 18.9. The van der Waals surface area contributed by atoms with Crippen molar-refractivity contribution < 1.29 is 24.5 Å². The summed E-state index contributed by atoms with van der Waals surface area (Å²) in [7, 11) is 1.40. The molecule has 2 aliphatic rings. The minimum Gasteiger partial charge on any atom is -0.495 e. The van der Waals surface area contributed by atoms with E-state index in [-0.39, 0.29) is 23.9 Å². The van der Waals surface area contributed by atoms with E-state index in [9.17, 15) is 15.0 Å². The van der Waals surface area contributed by atoms with Crippen LogP contribution in [-0.4, -0.2) is 41.6 Å². The van der Waals surface area contributed by atoms with E-state index in [0.717, 1.165) is 50.7 Å². The van der Waals surface area contributed by atoms with Gasteiger partial charge in [-0.05, 0) is 25.3 Å². The van der Waals surface area contributed by atoms with Gasteiger partial charge in [0.15, 0.2) is 0 Å². The van der Waals surface area contributed by atoms with Crippen molar-refractivity contribution in [3.05, 3.63) is 24.0 Å². The number of carbonyl (C=O) groups is 1. The highest BCUT2D eigenvalue weighted by molar-refractivity contribution is 5.69. The zero-order valence-electron chi connectivity index (χ0n) is 16.1. The van der Waals surface area contributed by atoms with Crippen molar-refractivity contribution >= 4 is 5.97 Å². The van der Waals surface area contributed by atoms with Crippen molar-refractivity contribution in [1.82, 2.24) is 0 Å². The molecule has 1 aliphatic heterocycles. The van der Waals surface area contributed by atoms with Gasteiger partial charge < -0.3 is 19.7 Å². The average molecular weight is 366 g/mol. The highest BCUT2D eigenvalue weighted by Gasteiger charge is 2.46. The van der Waals surface area contributed by atoms with Crippen molar-refractivity contribution in [3.8, 4) is 0 Å². The minimum absolute atomic E-state index is 0.0433. The first-order valence-corrected chi connectivity index (χ1v) is 10.0. The summed E-state index contributed by atoms with van der Waals surface area (Å²) in [6.07, 6.45) is 12.7. The quantitative estimate of drug-likeness (QED) is 0.352. The van der Waals surface area contributed by atoms with Gasteiger partial charge in [0.25, 0.3) is 0 Å². The third-order valence-corrected chi connectivity index (χ3v) is 5.47. The predicted octanol–water partition coefficient (Wildman–Crippen LogP) is 3.50. The Kier molecular flexibility index (Phi) is 8.66. The van der Waals surface area contributed by atoms with E-state index in [2.05, 4.69) is 17.7 Å². The molecule has 0 radical (unpaired) electrons. The van der Waals surface area contributed by atoms with Gasteiger partial charge in [-0.15, -0.1) is 0 Å². The van der Waals surface area contributed by atoms with Crippen LogP contribution in [0.5, 0.6) is 0 Å². The second-order valence-corrected chi connectivity index (χ2v) is 7.49. The van der Waals surface area contributed by atoms with Crippen molar-refractivity contribution in [2.75, 3.05) is 7.11 Å². The number of aliphatic hydroxyl groups excluding tert-OH is 2. The summed E-state index contributed by atoms with van der Waals surface area (Å²) in [4.78, 5) is 11.1. The maximum atomic E-state index is 11.1. The fraction of sp³-hybridized carbons (Fsp3) is 0.762. The fourth-order valence-corrected chi connectivity index (χ4v) is 3.95. The molecule has 0 unspecified atom stereocenters. The first-order chi connectivity index (χ1) is 12.5. The molecule has 0 aromatic heterocycles. The van der Waals surface area contributed by atoms with Crippen LogP contribution in [0.1, 0.15) is 64.7 Å². The molecule has 2 N–H and O–H groups in total. The lowest BCUT2D eigenvalue weighted by molar-refractivity contribution is -0.140. The molecule has 0 aromatic carbocycles. The van der Waals surface area contributed by atoms with Gasteiger partial charge in [-0.3, -0.25) is 4.79 Å². The van der Waals surface area contributed by atoms with Crippen LogP contribution in [0.4, 0.5) is 0 Å². The summed E-state index contributed by atoms with van der Waals surface area (Å²) in [5.41, 5.74) is 0. The summed E-state index contributed by atoms with van der Waals surface area (Å²) in [6.45, 7) is 2.15. The Hall–Kier alpha value is -1.33. The molecule has 1 aliphatic carbocycles. The molecular formula is C21H34O5. The third-order valence-electron chi connectivity index (χ3n) is 5.47. The SMILES string of the molecule is CCCCC[C@H](O)/C=C/[C@H]1[C@@H]2C/C(=C\CCCC(=O)OC)O[C@@H]2C[C@@H]1O. The third kappa shape index (κ3) is 6.13. The standard InChI is InChI=1S/C21H34O5/c1-3-4-5-8-15(22)11-12-17-18-13-16(26-20(18)14-19(17)23)9-6-7-10-21(24)25-2/h9,11-12,15,17-20,22-23H,3-8,10,13-14H2,1-2H3/b12-11+,16-9+/t15-,17-,18-,19-,20+/m0/s1. The number of fused-ring (bicyclic) bond motifs is 1. The maximum Gasteiger partial charge on any atom is 0.305 e. The topological polar surface area (TPSA) is 76.0 Å². The summed E-state index contributed by atoms with van der Waals surface area (Å²) < 4.78 is 10.6. The first kappa shape index (κ1) is 21.0. The molecule has 5 atom stereocenters. The summed E-state index contributed by atoms with van der Waals surface area (Å²) >= 11 is 0. The van der Waals surface area contributed by atoms with Crippen LogP contribution in [-0.2, 0) is 14.3 Å². The van der Waals surface area contributed by atoms with Crippen LogP contribution in [0.3, 0.4) is 0 Å². The van der Waals surface area contributed by atoms with Crippen molar-refractivity contribution in [3.63, 3.8) is 0 Å². The van der Waals surface area contributed by atoms with Crippen LogP contribution in [0, 0.1) is 11.8 Å². The molecule has 0 aromatic rings. The Labute approximate surface area is 157 Å².